The van der Waals surface area contributed by atoms with E-state index >= 15 is 0 Å². The molecule has 84 valence electrons. The zero-order valence-corrected chi connectivity index (χ0v) is 9.08. The minimum atomic E-state index is -0.156. The fourth-order valence-corrected chi connectivity index (χ4v) is 2.25. The first-order chi connectivity index (χ1) is 7.81. The predicted molar refractivity (Wildman–Crippen MR) is 61.1 cm³/mol. The lowest BCUT2D eigenvalue weighted by Crippen LogP contribution is -2.21. The number of rotatable bonds is 2. The lowest BCUT2D eigenvalue weighted by Gasteiger charge is -2.12. The number of aromatic nitrogens is 2. The third kappa shape index (κ3) is 1.81. The zero-order chi connectivity index (χ0) is 11.0. The van der Waals surface area contributed by atoms with Crippen LogP contribution in [-0.2, 0) is 6.54 Å². The molecular weight excluding hydrogens is 202 g/mol. The minimum absolute atomic E-state index is 0.156. The molecule has 1 fully saturated rings. The van der Waals surface area contributed by atoms with Crippen molar-refractivity contribution < 1.29 is 5.11 Å². The molecule has 1 saturated heterocycles. The first kappa shape index (κ1) is 9.81. The monoisotopic (exact) mass is 217 g/mol. The van der Waals surface area contributed by atoms with Gasteiger partial charge in [0.25, 0.3) is 0 Å². The summed E-state index contributed by atoms with van der Waals surface area (Å²) in [6, 6.07) is 5.99. The zero-order valence-electron chi connectivity index (χ0n) is 9.08. The molecule has 3 heterocycles. The van der Waals surface area contributed by atoms with Crippen molar-refractivity contribution in [2.45, 2.75) is 19.1 Å². The summed E-state index contributed by atoms with van der Waals surface area (Å²) < 4.78 is 2.03. The molecule has 1 N–H and O–H groups in total. The van der Waals surface area contributed by atoms with Crippen LogP contribution in [0.4, 0.5) is 0 Å². The van der Waals surface area contributed by atoms with Crippen LogP contribution in [0.5, 0.6) is 0 Å². The predicted octanol–water partition coefficient (Wildman–Crippen LogP) is 0.901. The van der Waals surface area contributed by atoms with Crippen molar-refractivity contribution in [2.75, 3.05) is 13.1 Å². The molecule has 3 rings (SSSR count). The number of hydrogen-bond donors (Lipinski definition) is 1. The van der Waals surface area contributed by atoms with Crippen LogP contribution in [0.3, 0.4) is 0 Å². The van der Waals surface area contributed by atoms with E-state index in [1.54, 1.807) is 0 Å². The molecule has 0 radical (unpaired) electrons. The van der Waals surface area contributed by atoms with E-state index in [-0.39, 0.29) is 6.10 Å². The smallest absolute Gasteiger partial charge is 0.137 e. The molecule has 0 bridgehead atoms. The second-order valence-electron chi connectivity index (χ2n) is 4.38. The van der Waals surface area contributed by atoms with Crippen LogP contribution in [0.1, 0.15) is 12.1 Å². The number of hydrogen-bond acceptors (Lipinski definition) is 3. The number of nitrogens with zero attached hydrogens (tertiary/aromatic N) is 3. The molecule has 1 atom stereocenters. The number of imidazole rings is 1. The van der Waals surface area contributed by atoms with Crippen molar-refractivity contribution in [1.82, 2.24) is 14.3 Å². The highest BCUT2D eigenvalue weighted by Gasteiger charge is 2.20. The maximum absolute atomic E-state index is 9.45. The molecule has 0 amide bonds. The van der Waals surface area contributed by atoms with Crippen molar-refractivity contribution in [1.29, 1.82) is 0 Å². The van der Waals surface area contributed by atoms with Gasteiger partial charge in [0.05, 0.1) is 11.8 Å². The second kappa shape index (κ2) is 3.88. The molecule has 2 aromatic heterocycles. The van der Waals surface area contributed by atoms with Gasteiger partial charge in [0.15, 0.2) is 0 Å². The van der Waals surface area contributed by atoms with Crippen LogP contribution in [0.15, 0.2) is 30.6 Å². The second-order valence-corrected chi connectivity index (χ2v) is 4.38. The van der Waals surface area contributed by atoms with Gasteiger partial charge in [0.2, 0.25) is 0 Å². The number of fused-ring (bicyclic) bond motifs is 1. The lowest BCUT2D eigenvalue weighted by molar-refractivity contribution is 0.174. The van der Waals surface area contributed by atoms with Crippen molar-refractivity contribution in [3.63, 3.8) is 0 Å². The number of aliphatic hydroxyl groups excluding tert-OH is 1. The molecular formula is C12H15N3O. The highest BCUT2D eigenvalue weighted by Crippen LogP contribution is 2.13. The highest BCUT2D eigenvalue weighted by atomic mass is 16.3. The first-order valence-corrected chi connectivity index (χ1v) is 5.64. The van der Waals surface area contributed by atoms with Gasteiger partial charge in [-0.25, -0.2) is 4.98 Å². The Kier molecular flexibility index (Phi) is 2.38. The normalized spacial score (nSPS) is 21.9. The van der Waals surface area contributed by atoms with E-state index in [0.717, 1.165) is 37.4 Å². The summed E-state index contributed by atoms with van der Waals surface area (Å²) in [5.74, 6) is 0. The first-order valence-electron chi connectivity index (χ1n) is 5.64. The van der Waals surface area contributed by atoms with Crippen LogP contribution >= 0.6 is 0 Å². The number of aliphatic hydroxyl groups is 1. The molecule has 1 aliphatic rings. The van der Waals surface area contributed by atoms with Gasteiger partial charge in [0.1, 0.15) is 5.65 Å². The van der Waals surface area contributed by atoms with Crippen LogP contribution in [-0.4, -0.2) is 38.6 Å². The Labute approximate surface area is 94.1 Å². The fraction of sp³-hybridized carbons (Fsp3) is 0.417. The Balaban J connectivity index is 1.79. The summed E-state index contributed by atoms with van der Waals surface area (Å²) >= 11 is 0. The standard InChI is InChI=1S/C12H15N3O/c16-11-4-6-14(9-11)7-10-8-15-5-2-1-3-12(15)13-10/h1-3,5,8,11,16H,4,6-7,9H2. The number of likely N-dealkylation sites (tertiary alicyclic amines) is 1. The van der Waals surface area contributed by atoms with Crippen molar-refractivity contribution in [2.24, 2.45) is 0 Å². The summed E-state index contributed by atoms with van der Waals surface area (Å²) in [6.45, 7) is 2.57. The molecule has 1 aliphatic heterocycles. The van der Waals surface area contributed by atoms with E-state index in [2.05, 4.69) is 16.1 Å². The van der Waals surface area contributed by atoms with E-state index < -0.39 is 0 Å². The van der Waals surface area contributed by atoms with Crippen molar-refractivity contribution in [3.8, 4) is 0 Å². The van der Waals surface area contributed by atoms with Gasteiger partial charge in [-0.15, -0.1) is 0 Å². The van der Waals surface area contributed by atoms with Gasteiger partial charge in [-0.3, -0.25) is 4.90 Å². The molecule has 0 aromatic carbocycles. The van der Waals surface area contributed by atoms with Gasteiger partial charge in [0, 0.05) is 32.0 Å². The van der Waals surface area contributed by atoms with Gasteiger partial charge in [-0.1, -0.05) is 6.07 Å². The fourth-order valence-electron chi connectivity index (χ4n) is 2.25. The Morgan fingerprint density at radius 1 is 1.44 bits per heavy atom. The van der Waals surface area contributed by atoms with E-state index in [1.807, 2.05) is 28.8 Å². The maximum atomic E-state index is 9.45. The number of pyridine rings is 1. The summed E-state index contributed by atoms with van der Waals surface area (Å²) in [4.78, 5) is 6.78. The number of β-amino-alcohol motifs (C(OH)–C–C–N with tert-alkyl or cyclic N) is 1. The third-order valence-electron chi connectivity index (χ3n) is 3.05. The van der Waals surface area contributed by atoms with Crippen LogP contribution in [0.25, 0.3) is 5.65 Å². The lowest BCUT2D eigenvalue weighted by atomic mass is 10.3. The summed E-state index contributed by atoms with van der Waals surface area (Å²) in [5, 5.41) is 9.45. The van der Waals surface area contributed by atoms with Crippen LogP contribution < -0.4 is 0 Å². The van der Waals surface area contributed by atoms with Crippen LogP contribution in [0.2, 0.25) is 0 Å². The molecule has 4 nitrogen and oxygen atoms in total. The molecule has 2 aromatic rings. The van der Waals surface area contributed by atoms with Crippen molar-refractivity contribution >= 4 is 5.65 Å². The average Bonchev–Trinajstić information content (AvgIpc) is 2.84. The van der Waals surface area contributed by atoms with E-state index in [1.165, 1.54) is 0 Å². The summed E-state index contributed by atoms with van der Waals surface area (Å²) in [7, 11) is 0. The van der Waals surface area contributed by atoms with E-state index in [9.17, 15) is 5.11 Å². The Bertz CT molecular complexity index is 461. The SMILES string of the molecule is OC1CCN(Cc2cn3ccccc3n2)C1. The van der Waals surface area contributed by atoms with Crippen molar-refractivity contribution in [3.05, 3.63) is 36.3 Å². The Morgan fingerprint density at radius 2 is 2.38 bits per heavy atom. The third-order valence-corrected chi connectivity index (χ3v) is 3.05. The Hall–Kier alpha value is -1.39. The summed E-state index contributed by atoms with van der Waals surface area (Å²) in [5.41, 5.74) is 2.05. The largest absolute Gasteiger partial charge is 0.392 e. The quantitative estimate of drug-likeness (QED) is 0.812. The maximum Gasteiger partial charge on any atom is 0.137 e. The molecule has 4 heteroatoms. The van der Waals surface area contributed by atoms with Gasteiger partial charge < -0.3 is 9.51 Å². The highest BCUT2D eigenvalue weighted by molar-refractivity contribution is 5.39. The summed E-state index contributed by atoms with van der Waals surface area (Å²) in [6.07, 6.45) is 4.79. The van der Waals surface area contributed by atoms with E-state index in [4.69, 9.17) is 0 Å². The van der Waals surface area contributed by atoms with Crippen LogP contribution in [0, 0.1) is 0 Å². The molecule has 0 aliphatic carbocycles. The molecule has 1 unspecified atom stereocenters. The minimum Gasteiger partial charge on any atom is -0.392 e. The van der Waals surface area contributed by atoms with Gasteiger partial charge >= 0.3 is 0 Å². The topological polar surface area (TPSA) is 40.8 Å². The molecule has 0 saturated carbocycles. The van der Waals surface area contributed by atoms with Gasteiger partial charge in [-0.05, 0) is 18.6 Å². The molecule has 16 heavy (non-hydrogen) atoms. The average molecular weight is 217 g/mol. The van der Waals surface area contributed by atoms with E-state index in [0.29, 0.717) is 0 Å². The van der Waals surface area contributed by atoms with Gasteiger partial charge in [-0.2, -0.15) is 0 Å². The Morgan fingerprint density at radius 3 is 3.12 bits per heavy atom. The molecule has 0 spiro atoms.